The molecule has 0 aliphatic carbocycles. The van der Waals surface area contributed by atoms with Crippen LogP contribution in [0, 0.1) is 5.92 Å². The quantitative estimate of drug-likeness (QED) is 0.706. The van der Waals surface area contributed by atoms with Gasteiger partial charge < -0.3 is 15.0 Å². The van der Waals surface area contributed by atoms with Gasteiger partial charge in [0.1, 0.15) is 0 Å². The average Bonchev–Trinajstić information content (AvgIpc) is 3.02. The summed E-state index contributed by atoms with van der Waals surface area (Å²) in [4.78, 5) is 41.6. The Morgan fingerprint density at radius 1 is 1.27 bits per heavy atom. The zero-order chi connectivity index (χ0) is 18.1. The molecular weight excluding hydrogens is 334 g/mol. The number of amides is 1. The molecule has 4 rings (SSSR count). The van der Waals surface area contributed by atoms with Crippen LogP contribution in [0.4, 0.5) is 0 Å². The minimum atomic E-state index is -0.680. The Morgan fingerprint density at radius 2 is 2.12 bits per heavy atom. The molecule has 3 aromatic rings. The van der Waals surface area contributed by atoms with Crippen LogP contribution in [-0.4, -0.2) is 55.0 Å². The van der Waals surface area contributed by atoms with E-state index in [2.05, 4.69) is 19.9 Å². The number of rotatable bonds is 3. The number of hydrogen-bond acceptors (Lipinski definition) is 6. The van der Waals surface area contributed by atoms with Crippen molar-refractivity contribution >= 4 is 16.9 Å². The number of carbonyl (C=O) groups is 1. The molecule has 1 saturated heterocycles. The minimum Gasteiger partial charge on any atom is -0.391 e. The molecular formula is C18H17N5O3. The maximum absolute atomic E-state index is 12.8. The molecule has 132 valence electrons. The molecule has 8 nitrogen and oxygen atoms in total. The largest absolute Gasteiger partial charge is 0.391 e. The number of fused-ring (bicyclic) bond motifs is 1. The van der Waals surface area contributed by atoms with Gasteiger partial charge in [-0.05, 0) is 18.6 Å². The predicted molar refractivity (Wildman–Crippen MR) is 93.5 cm³/mol. The van der Waals surface area contributed by atoms with E-state index in [1.165, 1.54) is 4.90 Å². The van der Waals surface area contributed by atoms with Crippen molar-refractivity contribution in [1.29, 1.82) is 0 Å². The number of hydrogen-bond donors (Lipinski definition) is 2. The summed E-state index contributed by atoms with van der Waals surface area (Å²) in [6.07, 6.45) is 4.66. The molecule has 1 amide bonds. The van der Waals surface area contributed by atoms with Gasteiger partial charge in [0.15, 0.2) is 5.69 Å². The van der Waals surface area contributed by atoms with Crippen molar-refractivity contribution < 1.29 is 9.90 Å². The summed E-state index contributed by atoms with van der Waals surface area (Å²) in [6.45, 7) is 0.502. The zero-order valence-corrected chi connectivity index (χ0v) is 13.9. The van der Waals surface area contributed by atoms with Crippen LogP contribution >= 0.6 is 0 Å². The lowest BCUT2D eigenvalue weighted by Gasteiger charge is -2.15. The molecule has 2 atom stereocenters. The van der Waals surface area contributed by atoms with E-state index >= 15 is 0 Å². The second kappa shape index (κ2) is 6.64. The SMILES string of the molecule is O=C(c1nc2ccccc2[nH]c1=O)N1C[C@@H](Cc2cnccn2)[C@H](O)C1. The standard InChI is InChI=1S/C18H17N5O3/c24-15-10-23(9-11(15)7-12-8-19-5-6-20-12)18(26)16-17(25)22-14-4-2-1-3-13(14)21-16/h1-6,8,11,15,24H,7,9-10H2,(H,22,25)/t11-,15-/m1/s1. The summed E-state index contributed by atoms with van der Waals surface area (Å²) in [5, 5.41) is 10.3. The normalized spacial score (nSPS) is 19.8. The molecule has 0 saturated carbocycles. The highest BCUT2D eigenvalue weighted by Gasteiger charge is 2.36. The monoisotopic (exact) mass is 351 g/mol. The number of carbonyl (C=O) groups excluding carboxylic acids is 1. The van der Waals surface area contributed by atoms with E-state index in [1.807, 2.05) is 0 Å². The van der Waals surface area contributed by atoms with Crippen LogP contribution in [0.5, 0.6) is 0 Å². The van der Waals surface area contributed by atoms with E-state index in [1.54, 1.807) is 42.9 Å². The van der Waals surface area contributed by atoms with Crippen molar-refractivity contribution in [3.63, 3.8) is 0 Å². The Kier molecular flexibility index (Phi) is 4.18. The minimum absolute atomic E-state index is 0.156. The zero-order valence-electron chi connectivity index (χ0n) is 13.9. The van der Waals surface area contributed by atoms with Crippen LogP contribution in [0.15, 0.2) is 47.7 Å². The molecule has 3 heterocycles. The van der Waals surface area contributed by atoms with Gasteiger partial charge in [0.25, 0.3) is 11.5 Å². The highest BCUT2D eigenvalue weighted by molar-refractivity contribution is 5.94. The van der Waals surface area contributed by atoms with Crippen LogP contribution in [-0.2, 0) is 6.42 Å². The molecule has 0 radical (unpaired) electrons. The fraction of sp³-hybridized carbons (Fsp3) is 0.278. The molecule has 1 aliphatic rings. The summed E-state index contributed by atoms with van der Waals surface area (Å²) in [7, 11) is 0. The molecule has 2 N–H and O–H groups in total. The summed E-state index contributed by atoms with van der Waals surface area (Å²) >= 11 is 0. The van der Waals surface area contributed by atoms with E-state index in [0.717, 1.165) is 5.69 Å². The first-order valence-electron chi connectivity index (χ1n) is 8.33. The number of aliphatic hydroxyl groups is 1. The lowest BCUT2D eigenvalue weighted by Crippen LogP contribution is -2.35. The first-order valence-corrected chi connectivity index (χ1v) is 8.33. The van der Waals surface area contributed by atoms with E-state index in [-0.39, 0.29) is 18.2 Å². The number of nitrogens with zero attached hydrogens (tertiary/aromatic N) is 4. The van der Waals surface area contributed by atoms with E-state index < -0.39 is 17.6 Å². The van der Waals surface area contributed by atoms with Gasteiger partial charge in [0, 0.05) is 37.6 Å². The predicted octanol–water partition coefficient (Wildman–Crippen LogP) is 0.389. The fourth-order valence-electron chi connectivity index (χ4n) is 3.25. The molecule has 0 spiro atoms. The van der Waals surface area contributed by atoms with E-state index in [9.17, 15) is 14.7 Å². The number of benzene rings is 1. The number of para-hydroxylation sites is 2. The van der Waals surface area contributed by atoms with Gasteiger partial charge in [-0.1, -0.05) is 12.1 Å². The van der Waals surface area contributed by atoms with Gasteiger partial charge in [-0.15, -0.1) is 0 Å². The summed E-state index contributed by atoms with van der Waals surface area (Å²) in [6, 6.07) is 7.04. The Bertz CT molecular complexity index is 1000. The topological polar surface area (TPSA) is 112 Å². The fourth-order valence-corrected chi connectivity index (χ4v) is 3.25. The maximum Gasteiger partial charge on any atom is 0.280 e. The van der Waals surface area contributed by atoms with Gasteiger partial charge in [0.05, 0.1) is 22.8 Å². The number of aliphatic hydroxyl groups excluding tert-OH is 1. The van der Waals surface area contributed by atoms with Gasteiger partial charge >= 0.3 is 0 Å². The first-order chi connectivity index (χ1) is 12.6. The number of likely N-dealkylation sites (tertiary alicyclic amines) is 1. The Labute approximate surface area is 148 Å². The van der Waals surface area contributed by atoms with Crippen molar-refractivity contribution in [1.82, 2.24) is 24.8 Å². The average molecular weight is 351 g/mol. The first kappa shape index (κ1) is 16.3. The number of β-amino-alcohol motifs (C(OH)–C–C–N with tert-alkyl or cyclic N) is 1. The third kappa shape index (κ3) is 3.06. The summed E-state index contributed by atoms with van der Waals surface area (Å²) in [5.74, 6) is -0.632. The van der Waals surface area contributed by atoms with Crippen molar-refractivity contribution in [3.05, 3.63) is 64.6 Å². The smallest absolute Gasteiger partial charge is 0.280 e. The molecule has 8 heteroatoms. The number of aromatic amines is 1. The van der Waals surface area contributed by atoms with Crippen molar-refractivity contribution in [2.45, 2.75) is 12.5 Å². The molecule has 1 aliphatic heterocycles. The molecule has 0 unspecified atom stereocenters. The maximum atomic E-state index is 12.8. The van der Waals surface area contributed by atoms with Gasteiger partial charge in [-0.2, -0.15) is 0 Å². The van der Waals surface area contributed by atoms with Crippen LogP contribution in [0.2, 0.25) is 0 Å². The van der Waals surface area contributed by atoms with Crippen molar-refractivity contribution in [2.24, 2.45) is 5.92 Å². The Balaban J connectivity index is 1.55. The number of H-pyrrole nitrogens is 1. The van der Waals surface area contributed by atoms with Crippen molar-refractivity contribution in [3.8, 4) is 0 Å². The highest BCUT2D eigenvalue weighted by Crippen LogP contribution is 2.21. The highest BCUT2D eigenvalue weighted by atomic mass is 16.3. The van der Waals surface area contributed by atoms with Crippen molar-refractivity contribution in [2.75, 3.05) is 13.1 Å². The van der Waals surface area contributed by atoms with Crippen LogP contribution < -0.4 is 5.56 Å². The third-order valence-corrected chi connectivity index (χ3v) is 4.58. The van der Waals surface area contributed by atoms with Crippen LogP contribution in [0.1, 0.15) is 16.2 Å². The van der Waals surface area contributed by atoms with Gasteiger partial charge in [0.2, 0.25) is 0 Å². The van der Waals surface area contributed by atoms with Crippen LogP contribution in [0.25, 0.3) is 11.0 Å². The number of aromatic nitrogens is 4. The number of nitrogens with one attached hydrogen (secondary N) is 1. The van der Waals surface area contributed by atoms with E-state index in [4.69, 9.17) is 0 Å². The Hall–Kier alpha value is -3.13. The third-order valence-electron chi connectivity index (χ3n) is 4.58. The Morgan fingerprint density at radius 3 is 2.92 bits per heavy atom. The van der Waals surface area contributed by atoms with Crippen LogP contribution in [0.3, 0.4) is 0 Å². The van der Waals surface area contributed by atoms with Gasteiger partial charge in [-0.3, -0.25) is 19.6 Å². The van der Waals surface area contributed by atoms with E-state index in [0.29, 0.717) is 24.0 Å². The lowest BCUT2D eigenvalue weighted by atomic mass is 10.0. The molecule has 26 heavy (non-hydrogen) atoms. The molecule has 2 aromatic heterocycles. The molecule has 1 aromatic carbocycles. The molecule has 1 fully saturated rings. The second-order valence-corrected chi connectivity index (χ2v) is 6.37. The lowest BCUT2D eigenvalue weighted by molar-refractivity contribution is 0.0757. The summed E-state index contributed by atoms with van der Waals surface area (Å²) < 4.78 is 0. The molecule has 0 bridgehead atoms. The second-order valence-electron chi connectivity index (χ2n) is 6.37. The summed E-state index contributed by atoms with van der Waals surface area (Å²) in [5.41, 5.74) is 1.20. The van der Waals surface area contributed by atoms with Gasteiger partial charge in [-0.25, -0.2) is 4.98 Å².